The number of carboxylic acids is 1. The number of non-ortho nitro benzene ring substituents is 1. The fourth-order valence-corrected chi connectivity index (χ4v) is 4.27. The maximum absolute atomic E-state index is 11.6. The second kappa shape index (κ2) is 6.41. The zero-order valence-corrected chi connectivity index (χ0v) is 12.5. The fourth-order valence-electron chi connectivity index (χ4n) is 2.51. The van der Waals surface area contributed by atoms with Gasteiger partial charge >= 0.3 is 5.97 Å². The average Bonchev–Trinajstić information content (AvgIpc) is 2.78. The highest BCUT2D eigenvalue weighted by Gasteiger charge is 2.33. The number of rotatable bonds is 6. The number of nitrogens with zero attached hydrogens (tertiary/aromatic N) is 2. The zero-order chi connectivity index (χ0) is 16.3. The summed E-state index contributed by atoms with van der Waals surface area (Å²) in [6.07, 6.45) is 0.405. The van der Waals surface area contributed by atoms with E-state index < -0.39 is 20.7 Å². The summed E-state index contributed by atoms with van der Waals surface area (Å²) in [5.74, 6) is -1.02. The highest BCUT2D eigenvalue weighted by molar-refractivity contribution is 7.91. The van der Waals surface area contributed by atoms with Crippen LogP contribution >= 0.6 is 0 Å². The average molecular weight is 328 g/mol. The van der Waals surface area contributed by atoms with Gasteiger partial charge in [-0.15, -0.1) is 0 Å². The molecule has 1 saturated heterocycles. The summed E-state index contributed by atoms with van der Waals surface area (Å²) in [7, 11) is -3.11. The molecule has 120 valence electrons. The van der Waals surface area contributed by atoms with E-state index in [1.807, 2.05) is 0 Å². The first-order valence-electron chi connectivity index (χ1n) is 6.66. The van der Waals surface area contributed by atoms with Crippen LogP contribution in [-0.4, -0.2) is 53.4 Å². The zero-order valence-electron chi connectivity index (χ0n) is 11.7. The maximum atomic E-state index is 11.6. The summed E-state index contributed by atoms with van der Waals surface area (Å²) < 4.78 is 23.1. The van der Waals surface area contributed by atoms with Crippen LogP contribution in [0.4, 0.5) is 5.69 Å². The van der Waals surface area contributed by atoms with Gasteiger partial charge in [-0.05, 0) is 12.0 Å². The highest BCUT2D eigenvalue weighted by Crippen LogP contribution is 2.21. The minimum Gasteiger partial charge on any atom is -0.480 e. The number of benzene rings is 1. The molecule has 1 fully saturated rings. The van der Waals surface area contributed by atoms with E-state index in [2.05, 4.69) is 0 Å². The lowest BCUT2D eigenvalue weighted by Crippen LogP contribution is -2.39. The monoisotopic (exact) mass is 328 g/mol. The van der Waals surface area contributed by atoms with Crippen molar-refractivity contribution in [3.63, 3.8) is 0 Å². The van der Waals surface area contributed by atoms with E-state index in [1.165, 1.54) is 12.1 Å². The molecule has 1 aromatic rings. The number of hydrogen-bond donors (Lipinski definition) is 1. The molecule has 1 aliphatic rings. The Morgan fingerprint density at radius 1 is 1.36 bits per heavy atom. The van der Waals surface area contributed by atoms with Crippen LogP contribution in [0, 0.1) is 10.1 Å². The van der Waals surface area contributed by atoms with E-state index in [9.17, 15) is 23.3 Å². The van der Waals surface area contributed by atoms with Crippen molar-refractivity contribution in [1.82, 2.24) is 4.90 Å². The van der Waals surface area contributed by atoms with Crippen molar-refractivity contribution < 1.29 is 23.2 Å². The van der Waals surface area contributed by atoms with Crippen LogP contribution in [0.25, 0.3) is 0 Å². The summed E-state index contributed by atoms with van der Waals surface area (Å²) in [5.41, 5.74) is 0.660. The van der Waals surface area contributed by atoms with Gasteiger partial charge in [-0.3, -0.25) is 19.8 Å². The number of nitro groups is 1. The quantitative estimate of drug-likeness (QED) is 0.602. The second-order valence-electron chi connectivity index (χ2n) is 5.28. The van der Waals surface area contributed by atoms with Crippen molar-refractivity contribution in [2.24, 2.45) is 0 Å². The van der Waals surface area contributed by atoms with Gasteiger partial charge in [0.05, 0.1) is 23.0 Å². The topological polar surface area (TPSA) is 118 Å². The summed E-state index contributed by atoms with van der Waals surface area (Å²) in [6.45, 7) is -0.0261. The normalized spacial score (nSPS) is 20.1. The largest absolute Gasteiger partial charge is 0.480 e. The van der Waals surface area contributed by atoms with Gasteiger partial charge in [0.2, 0.25) is 0 Å². The lowest BCUT2D eigenvalue weighted by molar-refractivity contribution is -0.384. The molecule has 0 unspecified atom stereocenters. The van der Waals surface area contributed by atoms with Crippen molar-refractivity contribution in [2.75, 3.05) is 18.1 Å². The fraction of sp³-hybridized carbons (Fsp3) is 0.462. The van der Waals surface area contributed by atoms with Crippen molar-refractivity contribution in [2.45, 2.75) is 19.0 Å². The molecular weight excluding hydrogens is 312 g/mol. The summed E-state index contributed by atoms with van der Waals surface area (Å²) in [5, 5.41) is 19.6. The van der Waals surface area contributed by atoms with Crippen molar-refractivity contribution in [3.8, 4) is 0 Å². The SMILES string of the molecule is O=C(O)CN(Cc1ccc([N+](=O)[O-])cc1)[C@@H]1CCS(=O)(=O)C1. The van der Waals surface area contributed by atoms with E-state index in [1.54, 1.807) is 17.0 Å². The molecule has 2 rings (SSSR count). The van der Waals surface area contributed by atoms with E-state index in [4.69, 9.17) is 5.11 Å². The van der Waals surface area contributed by atoms with Crippen molar-refractivity contribution >= 4 is 21.5 Å². The van der Waals surface area contributed by atoms with Crippen LogP contribution in [0.1, 0.15) is 12.0 Å². The number of hydrogen-bond acceptors (Lipinski definition) is 6. The molecule has 1 aliphatic heterocycles. The molecular formula is C13H16N2O6S. The Balaban J connectivity index is 2.12. The van der Waals surface area contributed by atoms with Gasteiger partial charge in [-0.25, -0.2) is 8.42 Å². The van der Waals surface area contributed by atoms with Crippen LogP contribution in [-0.2, 0) is 21.2 Å². The van der Waals surface area contributed by atoms with Crippen LogP contribution in [0.3, 0.4) is 0 Å². The smallest absolute Gasteiger partial charge is 0.317 e. The van der Waals surface area contributed by atoms with Crippen molar-refractivity contribution in [1.29, 1.82) is 0 Å². The van der Waals surface area contributed by atoms with Crippen LogP contribution < -0.4 is 0 Å². The second-order valence-corrected chi connectivity index (χ2v) is 7.51. The molecule has 1 heterocycles. The van der Waals surface area contributed by atoms with Gasteiger partial charge in [-0.2, -0.15) is 0 Å². The number of carboxylic acid groups (broad SMARTS) is 1. The molecule has 0 aromatic heterocycles. The molecule has 9 heteroatoms. The predicted octanol–water partition coefficient (Wildman–Crippen LogP) is 0.669. The Morgan fingerprint density at radius 3 is 2.45 bits per heavy atom. The summed E-state index contributed by atoms with van der Waals surface area (Å²) >= 11 is 0. The third kappa shape index (κ3) is 4.25. The van der Waals surface area contributed by atoms with Crippen molar-refractivity contribution in [3.05, 3.63) is 39.9 Å². The Kier molecular flexibility index (Phi) is 4.77. The van der Waals surface area contributed by atoms with E-state index in [0.717, 1.165) is 0 Å². The lowest BCUT2D eigenvalue weighted by Gasteiger charge is -2.26. The standard InChI is InChI=1S/C13H16N2O6S/c16-13(17)8-14(12-5-6-22(20,21)9-12)7-10-1-3-11(4-2-10)15(18)19/h1-4,12H,5-9H2,(H,16,17)/t12-/m1/s1. The molecule has 1 N–H and O–H groups in total. The predicted molar refractivity (Wildman–Crippen MR) is 78.2 cm³/mol. The molecule has 22 heavy (non-hydrogen) atoms. The maximum Gasteiger partial charge on any atom is 0.317 e. The highest BCUT2D eigenvalue weighted by atomic mass is 32.2. The van der Waals surface area contributed by atoms with Gasteiger partial charge in [0, 0.05) is 24.7 Å². The molecule has 8 nitrogen and oxygen atoms in total. The third-order valence-electron chi connectivity index (χ3n) is 3.60. The molecule has 0 saturated carbocycles. The van der Waals surface area contributed by atoms with Crippen LogP contribution in [0.2, 0.25) is 0 Å². The third-order valence-corrected chi connectivity index (χ3v) is 5.35. The number of carbonyl (C=O) groups is 1. The Labute approximate surface area is 127 Å². The Morgan fingerprint density at radius 2 is 2.00 bits per heavy atom. The van der Waals surface area contributed by atoms with Gasteiger partial charge in [0.1, 0.15) is 0 Å². The number of aliphatic carboxylic acids is 1. The van der Waals surface area contributed by atoms with E-state index >= 15 is 0 Å². The van der Waals surface area contributed by atoms with Gasteiger partial charge in [0.15, 0.2) is 9.84 Å². The molecule has 1 aromatic carbocycles. The van der Waals surface area contributed by atoms with Gasteiger partial charge < -0.3 is 5.11 Å². The molecule has 0 aliphatic carbocycles. The molecule has 0 amide bonds. The first-order chi connectivity index (χ1) is 10.3. The molecule has 1 atom stereocenters. The van der Waals surface area contributed by atoms with E-state index in [-0.39, 0.29) is 36.3 Å². The first kappa shape index (κ1) is 16.4. The van der Waals surface area contributed by atoms with Crippen LogP contribution in [0.5, 0.6) is 0 Å². The van der Waals surface area contributed by atoms with Gasteiger partial charge in [-0.1, -0.05) is 12.1 Å². The minimum atomic E-state index is -3.11. The number of nitro benzene ring substituents is 1. The lowest BCUT2D eigenvalue weighted by atomic mass is 10.1. The first-order valence-corrected chi connectivity index (χ1v) is 8.48. The van der Waals surface area contributed by atoms with Gasteiger partial charge in [0.25, 0.3) is 5.69 Å². The Bertz CT molecular complexity index is 670. The van der Waals surface area contributed by atoms with Crippen LogP contribution in [0.15, 0.2) is 24.3 Å². The number of sulfone groups is 1. The molecule has 0 spiro atoms. The molecule has 0 bridgehead atoms. The van der Waals surface area contributed by atoms with E-state index in [0.29, 0.717) is 12.0 Å². The molecule has 0 radical (unpaired) electrons. The Hall–Kier alpha value is -2.00. The summed E-state index contributed by atoms with van der Waals surface area (Å²) in [4.78, 5) is 22.7. The summed E-state index contributed by atoms with van der Waals surface area (Å²) in [6, 6.07) is 5.46. The minimum absolute atomic E-state index is 0.0445.